The van der Waals surface area contributed by atoms with Crippen molar-refractivity contribution in [2.75, 3.05) is 31.1 Å². The molecule has 23 heavy (non-hydrogen) atoms. The number of fused-ring (bicyclic) bond motifs is 1. The van der Waals surface area contributed by atoms with Gasteiger partial charge in [0.05, 0.1) is 11.5 Å². The maximum atomic E-state index is 12.3. The van der Waals surface area contributed by atoms with Crippen LogP contribution in [0, 0.1) is 13.8 Å². The molecule has 7 heteroatoms. The zero-order chi connectivity index (χ0) is 16.6. The number of rotatable bonds is 3. The largest absolute Gasteiger partial charge is 0.459 e. The molecule has 6 nitrogen and oxygen atoms in total. The number of aryl methyl sites for hydroxylation is 2. The van der Waals surface area contributed by atoms with E-state index in [2.05, 4.69) is 20.2 Å². The maximum Gasteiger partial charge on any atom is 0.348 e. The van der Waals surface area contributed by atoms with Crippen LogP contribution in [0.1, 0.15) is 34.9 Å². The van der Waals surface area contributed by atoms with Crippen LogP contribution in [0.5, 0.6) is 0 Å². The first-order valence-corrected chi connectivity index (χ1v) is 8.73. The number of piperazine rings is 1. The summed E-state index contributed by atoms with van der Waals surface area (Å²) in [6.07, 6.45) is -0.132. The van der Waals surface area contributed by atoms with Gasteiger partial charge in [-0.25, -0.2) is 14.8 Å². The SMILES string of the molecule is Cc1nc(N2CCNCC2)c2c(C)c(C(=O)OC(C)C)sc2n1. The molecule has 3 rings (SSSR count). The van der Waals surface area contributed by atoms with E-state index in [-0.39, 0.29) is 12.1 Å². The smallest absolute Gasteiger partial charge is 0.348 e. The Kier molecular flexibility index (Phi) is 4.50. The highest BCUT2D eigenvalue weighted by molar-refractivity contribution is 7.20. The van der Waals surface area contributed by atoms with Crippen molar-refractivity contribution in [1.29, 1.82) is 0 Å². The quantitative estimate of drug-likeness (QED) is 0.869. The van der Waals surface area contributed by atoms with Gasteiger partial charge in [0.15, 0.2) is 0 Å². The third-order valence-electron chi connectivity index (χ3n) is 3.83. The van der Waals surface area contributed by atoms with E-state index in [1.165, 1.54) is 11.3 Å². The normalized spacial score (nSPS) is 15.4. The predicted molar refractivity (Wildman–Crippen MR) is 92.5 cm³/mol. The van der Waals surface area contributed by atoms with E-state index >= 15 is 0 Å². The Bertz CT molecular complexity index is 735. The Morgan fingerprint density at radius 3 is 2.61 bits per heavy atom. The molecule has 3 heterocycles. The molecule has 0 spiro atoms. The van der Waals surface area contributed by atoms with Crippen molar-refractivity contribution in [2.24, 2.45) is 0 Å². The van der Waals surface area contributed by atoms with E-state index in [0.29, 0.717) is 4.88 Å². The minimum absolute atomic E-state index is 0.132. The average molecular weight is 334 g/mol. The monoisotopic (exact) mass is 334 g/mol. The number of ether oxygens (including phenoxy) is 1. The van der Waals surface area contributed by atoms with Crippen molar-refractivity contribution < 1.29 is 9.53 Å². The summed E-state index contributed by atoms with van der Waals surface area (Å²) in [6.45, 7) is 11.3. The van der Waals surface area contributed by atoms with Gasteiger partial charge in [0, 0.05) is 26.2 Å². The molecule has 0 saturated carbocycles. The Morgan fingerprint density at radius 2 is 1.96 bits per heavy atom. The van der Waals surface area contributed by atoms with Crippen LogP contribution in [-0.4, -0.2) is 48.2 Å². The van der Waals surface area contributed by atoms with Crippen LogP contribution in [0.3, 0.4) is 0 Å². The maximum absolute atomic E-state index is 12.3. The molecule has 0 bridgehead atoms. The molecule has 1 aliphatic heterocycles. The van der Waals surface area contributed by atoms with Crippen LogP contribution >= 0.6 is 11.3 Å². The third-order valence-corrected chi connectivity index (χ3v) is 4.99. The highest BCUT2D eigenvalue weighted by Gasteiger charge is 2.24. The van der Waals surface area contributed by atoms with Gasteiger partial charge in [-0.2, -0.15) is 0 Å². The van der Waals surface area contributed by atoms with E-state index < -0.39 is 0 Å². The summed E-state index contributed by atoms with van der Waals surface area (Å²) in [5.41, 5.74) is 0.921. The van der Waals surface area contributed by atoms with Crippen molar-refractivity contribution in [3.05, 3.63) is 16.3 Å². The van der Waals surface area contributed by atoms with Gasteiger partial charge in [-0.3, -0.25) is 0 Å². The standard InChI is InChI=1S/C16H22N4O2S/c1-9(2)22-16(21)13-10(3)12-14(20-7-5-17-6-8-20)18-11(4)19-15(12)23-13/h9,17H,5-8H2,1-4H3. The highest BCUT2D eigenvalue weighted by atomic mass is 32.1. The van der Waals surface area contributed by atoms with Gasteiger partial charge in [-0.05, 0) is 33.3 Å². The Balaban J connectivity index is 2.10. The van der Waals surface area contributed by atoms with Gasteiger partial charge in [-0.15, -0.1) is 11.3 Å². The fourth-order valence-electron chi connectivity index (χ4n) is 2.79. The van der Waals surface area contributed by atoms with Crippen molar-refractivity contribution in [2.45, 2.75) is 33.8 Å². The molecule has 124 valence electrons. The van der Waals surface area contributed by atoms with Crippen LogP contribution < -0.4 is 10.2 Å². The second-order valence-corrected chi connectivity index (χ2v) is 7.02. The fourth-order valence-corrected chi connectivity index (χ4v) is 3.89. The summed E-state index contributed by atoms with van der Waals surface area (Å²) in [7, 11) is 0. The Morgan fingerprint density at radius 1 is 1.26 bits per heavy atom. The first-order chi connectivity index (χ1) is 11.0. The molecule has 1 saturated heterocycles. The van der Waals surface area contributed by atoms with E-state index in [1.54, 1.807) is 0 Å². The molecule has 0 aliphatic carbocycles. The number of thiophene rings is 1. The molecule has 1 N–H and O–H groups in total. The molecule has 0 atom stereocenters. The molecule has 2 aromatic heterocycles. The number of hydrogen-bond donors (Lipinski definition) is 1. The number of nitrogens with one attached hydrogen (secondary N) is 1. The topological polar surface area (TPSA) is 67.4 Å². The molecule has 1 aliphatic rings. The van der Waals surface area contributed by atoms with Gasteiger partial charge in [0.1, 0.15) is 21.3 Å². The van der Waals surface area contributed by atoms with Crippen molar-refractivity contribution in [3.8, 4) is 0 Å². The van der Waals surface area contributed by atoms with Gasteiger partial charge < -0.3 is 15.0 Å². The lowest BCUT2D eigenvalue weighted by Crippen LogP contribution is -2.44. The molecule has 0 unspecified atom stereocenters. The average Bonchev–Trinajstić information content (AvgIpc) is 2.83. The molecule has 0 amide bonds. The minimum Gasteiger partial charge on any atom is -0.459 e. The van der Waals surface area contributed by atoms with Crippen LogP contribution in [0.25, 0.3) is 10.2 Å². The van der Waals surface area contributed by atoms with Gasteiger partial charge in [0.2, 0.25) is 0 Å². The summed E-state index contributed by atoms with van der Waals surface area (Å²) in [5.74, 6) is 1.40. The molecule has 2 aromatic rings. The van der Waals surface area contributed by atoms with Crippen molar-refractivity contribution in [3.63, 3.8) is 0 Å². The van der Waals surface area contributed by atoms with E-state index in [1.807, 2.05) is 27.7 Å². The zero-order valence-corrected chi connectivity index (χ0v) is 14.8. The van der Waals surface area contributed by atoms with Crippen LogP contribution in [0.4, 0.5) is 5.82 Å². The van der Waals surface area contributed by atoms with Gasteiger partial charge >= 0.3 is 5.97 Å². The first-order valence-electron chi connectivity index (χ1n) is 7.91. The first kappa shape index (κ1) is 16.1. The number of esters is 1. The summed E-state index contributed by atoms with van der Waals surface area (Å²) in [4.78, 5) is 25.3. The summed E-state index contributed by atoms with van der Waals surface area (Å²) >= 11 is 1.40. The number of nitrogens with zero attached hydrogens (tertiary/aromatic N) is 3. The van der Waals surface area contributed by atoms with Gasteiger partial charge in [-0.1, -0.05) is 0 Å². The Hall–Kier alpha value is -1.73. The van der Waals surface area contributed by atoms with Gasteiger partial charge in [0.25, 0.3) is 0 Å². The lowest BCUT2D eigenvalue weighted by molar-refractivity contribution is 0.0383. The van der Waals surface area contributed by atoms with Crippen LogP contribution in [-0.2, 0) is 4.74 Å². The van der Waals surface area contributed by atoms with Crippen molar-refractivity contribution >= 4 is 33.3 Å². The van der Waals surface area contributed by atoms with Crippen LogP contribution in [0.15, 0.2) is 0 Å². The molecular formula is C16H22N4O2S. The number of anilines is 1. The fraction of sp³-hybridized carbons (Fsp3) is 0.562. The lowest BCUT2D eigenvalue weighted by atomic mass is 10.2. The summed E-state index contributed by atoms with van der Waals surface area (Å²) in [6, 6.07) is 0. The number of aromatic nitrogens is 2. The van der Waals surface area contributed by atoms with Crippen molar-refractivity contribution in [1.82, 2.24) is 15.3 Å². The molecule has 0 radical (unpaired) electrons. The Labute approximate surface area is 139 Å². The second-order valence-electron chi connectivity index (χ2n) is 6.02. The number of carbonyl (C=O) groups excluding carboxylic acids is 1. The number of hydrogen-bond acceptors (Lipinski definition) is 7. The second kappa shape index (κ2) is 6.41. The molecular weight excluding hydrogens is 312 g/mol. The van der Waals surface area contributed by atoms with E-state index in [9.17, 15) is 4.79 Å². The zero-order valence-electron chi connectivity index (χ0n) is 14.0. The molecule has 0 aromatic carbocycles. The van der Waals surface area contributed by atoms with Crippen LogP contribution in [0.2, 0.25) is 0 Å². The van der Waals surface area contributed by atoms with E-state index in [0.717, 1.165) is 53.6 Å². The predicted octanol–water partition coefficient (Wildman–Crippen LogP) is 2.28. The van der Waals surface area contributed by atoms with E-state index in [4.69, 9.17) is 4.74 Å². The minimum atomic E-state index is -0.274. The highest BCUT2D eigenvalue weighted by Crippen LogP contribution is 2.36. The number of carbonyl (C=O) groups is 1. The summed E-state index contributed by atoms with van der Waals surface area (Å²) < 4.78 is 5.36. The molecule has 1 fully saturated rings. The lowest BCUT2D eigenvalue weighted by Gasteiger charge is -2.29. The summed E-state index contributed by atoms with van der Waals surface area (Å²) in [5, 5.41) is 4.33. The third kappa shape index (κ3) is 3.16.